The van der Waals surface area contributed by atoms with Crippen molar-refractivity contribution in [2.75, 3.05) is 6.54 Å². The molecule has 0 spiro atoms. The Kier molecular flexibility index (Phi) is 3.29. The SMILES string of the molecule is O=C(CN1C(=O)c2ccccc2C1=O)c1ccc(F)cc1F. The number of halogens is 2. The van der Waals surface area contributed by atoms with Gasteiger partial charge in [-0.1, -0.05) is 12.1 Å². The number of hydrogen-bond donors (Lipinski definition) is 0. The summed E-state index contributed by atoms with van der Waals surface area (Å²) in [4.78, 5) is 37.1. The zero-order chi connectivity index (χ0) is 15.9. The molecule has 0 fully saturated rings. The zero-order valence-electron chi connectivity index (χ0n) is 11.2. The molecule has 2 aromatic rings. The number of fused-ring (bicyclic) bond motifs is 1. The topological polar surface area (TPSA) is 54.5 Å². The number of Topliss-reactive ketones (excluding diaryl/α,β-unsaturated/α-hetero) is 1. The van der Waals surface area contributed by atoms with Gasteiger partial charge in [0.2, 0.25) is 0 Å². The Balaban J connectivity index is 1.87. The van der Waals surface area contributed by atoms with Crippen molar-refractivity contribution < 1.29 is 23.2 Å². The van der Waals surface area contributed by atoms with Crippen LogP contribution in [0.3, 0.4) is 0 Å². The van der Waals surface area contributed by atoms with Crippen molar-refractivity contribution in [1.82, 2.24) is 4.90 Å². The Hall–Kier alpha value is -2.89. The molecule has 1 aliphatic rings. The lowest BCUT2D eigenvalue weighted by molar-refractivity contribution is 0.0623. The highest BCUT2D eigenvalue weighted by Crippen LogP contribution is 2.23. The summed E-state index contributed by atoms with van der Waals surface area (Å²) in [5.41, 5.74) is 0.0534. The van der Waals surface area contributed by atoms with Gasteiger partial charge in [-0.2, -0.15) is 0 Å². The van der Waals surface area contributed by atoms with Gasteiger partial charge in [0.15, 0.2) is 5.78 Å². The first-order valence-corrected chi connectivity index (χ1v) is 6.42. The lowest BCUT2D eigenvalue weighted by Crippen LogP contribution is -2.35. The van der Waals surface area contributed by atoms with Crippen molar-refractivity contribution >= 4 is 17.6 Å². The summed E-state index contributed by atoms with van der Waals surface area (Å²) in [7, 11) is 0. The van der Waals surface area contributed by atoms with Crippen molar-refractivity contribution in [3.8, 4) is 0 Å². The molecule has 110 valence electrons. The molecule has 0 saturated carbocycles. The molecule has 2 aromatic carbocycles. The predicted octanol–water partition coefficient (Wildman–Crippen LogP) is 2.44. The summed E-state index contributed by atoms with van der Waals surface area (Å²) in [6.45, 7) is -0.588. The van der Waals surface area contributed by atoms with Crippen molar-refractivity contribution in [2.24, 2.45) is 0 Å². The van der Waals surface area contributed by atoms with Gasteiger partial charge < -0.3 is 0 Å². The first kappa shape index (κ1) is 14.1. The third kappa shape index (κ3) is 2.18. The van der Waals surface area contributed by atoms with E-state index in [1.54, 1.807) is 12.1 Å². The number of hydrogen-bond acceptors (Lipinski definition) is 3. The number of carbonyl (C=O) groups is 3. The standard InChI is InChI=1S/C16H9F2NO3/c17-9-5-6-12(13(18)7-9)14(20)8-19-15(21)10-3-1-2-4-11(10)16(19)22/h1-7H,8H2. The first-order chi connectivity index (χ1) is 10.5. The molecule has 1 aliphatic heterocycles. The van der Waals surface area contributed by atoms with E-state index < -0.39 is 35.8 Å². The second-order valence-corrected chi connectivity index (χ2v) is 4.79. The Bertz CT molecular complexity index is 782. The van der Waals surface area contributed by atoms with Crippen LogP contribution in [-0.2, 0) is 0 Å². The largest absolute Gasteiger partial charge is 0.292 e. The molecular weight excluding hydrogens is 292 g/mol. The second-order valence-electron chi connectivity index (χ2n) is 4.79. The minimum absolute atomic E-state index is 0.208. The van der Waals surface area contributed by atoms with Crippen molar-refractivity contribution in [2.45, 2.75) is 0 Å². The fourth-order valence-corrected chi connectivity index (χ4v) is 2.33. The minimum atomic E-state index is -1.03. The highest BCUT2D eigenvalue weighted by molar-refractivity contribution is 6.23. The maximum absolute atomic E-state index is 13.6. The van der Waals surface area contributed by atoms with E-state index in [-0.39, 0.29) is 16.7 Å². The first-order valence-electron chi connectivity index (χ1n) is 6.42. The summed E-state index contributed by atoms with van der Waals surface area (Å²) in [5, 5.41) is 0. The monoisotopic (exact) mass is 301 g/mol. The highest BCUT2D eigenvalue weighted by Gasteiger charge is 2.36. The van der Waals surface area contributed by atoms with E-state index in [1.165, 1.54) is 12.1 Å². The molecule has 3 rings (SSSR count). The van der Waals surface area contributed by atoms with E-state index in [9.17, 15) is 23.2 Å². The van der Waals surface area contributed by atoms with Crippen LogP contribution in [0.2, 0.25) is 0 Å². The number of ketones is 1. The van der Waals surface area contributed by atoms with E-state index in [4.69, 9.17) is 0 Å². The van der Waals surface area contributed by atoms with Gasteiger partial charge in [-0.05, 0) is 24.3 Å². The van der Waals surface area contributed by atoms with E-state index >= 15 is 0 Å². The van der Waals surface area contributed by atoms with Gasteiger partial charge in [0.1, 0.15) is 11.6 Å². The fourth-order valence-electron chi connectivity index (χ4n) is 2.33. The molecule has 0 saturated heterocycles. The van der Waals surface area contributed by atoms with E-state index in [1.807, 2.05) is 0 Å². The number of benzene rings is 2. The van der Waals surface area contributed by atoms with Gasteiger partial charge >= 0.3 is 0 Å². The predicted molar refractivity (Wildman–Crippen MR) is 72.5 cm³/mol. The maximum atomic E-state index is 13.6. The molecule has 0 atom stereocenters. The quantitative estimate of drug-likeness (QED) is 0.646. The number of imide groups is 1. The summed E-state index contributed by atoms with van der Waals surface area (Å²) in [5.74, 6) is -3.81. The maximum Gasteiger partial charge on any atom is 0.261 e. The van der Waals surface area contributed by atoms with E-state index in [2.05, 4.69) is 0 Å². The average Bonchev–Trinajstić information content (AvgIpc) is 2.73. The number of amides is 2. The molecule has 6 heteroatoms. The molecule has 0 radical (unpaired) electrons. The highest BCUT2D eigenvalue weighted by atomic mass is 19.1. The lowest BCUT2D eigenvalue weighted by Gasteiger charge is -2.13. The van der Waals surface area contributed by atoms with Crippen LogP contribution in [0.15, 0.2) is 42.5 Å². The van der Waals surface area contributed by atoms with E-state index in [0.717, 1.165) is 17.0 Å². The molecular formula is C16H9F2NO3. The van der Waals surface area contributed by atoms with Crippen molar-refractivity contribution in [1.29, 1.82) is 0 Å². The fraction of sp³-hybridized carbons (Fsp3) is 0.0625. The van der Waals surface area contributed by atoms with Gasteiger partial charge in [0.05, 0.1) is 23.2 Å². The van der Waals surface area contributed by atoms with Crippen LogP contribution in [0.4, 0.5) is 8.78 Å². The van der Waals surface area contributed by atoms with Crippen LogP contribution >= 0.6 is 0 Å². The Morgan fingerprint density at radius 3 is 2.09 bits per heavy atom. The van der Waals surface area contributed by atoms with Crippen molar-refractivity contribution in [3.05, 3.63) is 70.8 Å². The van der Waals surface area contributed by atoms with Gasteiger partial charge in [-0.3, -0.25) is 19.3 Å². The Labute approximate surface area is 124 Å². The summed E-state index contributed by atoms with van der Waals surface area (Å²) >= 11 is 0. The summed E-state index contributed by atoms with van der Waals surface area (Å²) < 4.78 is 26.4. The molecule has 0 bridgehead atoms. The molecule has 4 nitrogen and oxygen atoms in total. The molecule has 0 N–H and O–H groups in total. The summed E-state index contributed by atoms with van der Waals surface area (Å²) in [6.07, 6.45) is 0. The minimum Gasteiger partial charge on any atom is -0.292 e. The van der Waals surface area contributed by atoms with Crippen molar-refractivity contribution in [3.63, 3.8) is 0 Å². The van der Waals surface area contributed by atoms with Crippen LogP contribution in [0.5, 0.6) is 0 Å². The Morgan fingerprint density at radius 1 is 0.955 bits per heavy atom. The molecule has 0 aliphatic carbocycles. The smallest absolute Gasteiger partial charge is 0.261 e. The normalized spacial score (nSPS) is 13.5. The number of carbonyl (C=O) groups excluding carboxylic acids is 3. The lowest BCUT2D eigenvalue weighted by atomic mass is 10.1. The van der Waals surface area contributed by atoms with Crippen LogP contribution < -0.4 is 0 Å². The molecule has 22 heavy (non-hydrogen) atoms. The average molecular weight is 301 g/mol. The molecule has 0 unspecified atom stereocenters. The number of nitrogens with zero attached hydrogens (tertiary/aromatic N) is 1. The Morgan fingerprint density at radius 2 is 1.55 bits per heavy atom. The van der Waals surface area contributed by atoms with Crippen LogP contribution in [-0.4, -0.2) is 29.0 Å². The molecule has 1 heterocycles. The third-order valence-electron chi connectivity index (χ3n) is 3.41. The van der Waals surface area contributed by atoms with Crippen LogP contribution in [0, 0.1) is 11.6 Å². The van der Waals surface area contributed by atoms with Gasteiger partial charge in [0, 0.05) is 6.07 Å². The molecule has 0 aromatic heterocycles. The van der Waals surface area contributed by atoms with Crippen LogP contribution in [0.25, 0.3) is 0 Å². The second kappa shape index (κ2) is 5.14. The molecule has 2 amide bonds. The van der Waals surface area contributed by atoms with Gasteiger partial charge in [-0.15, -0.1) is 0 Å². The number of rotatable bonds is 3. The summed E-state index contributed by atoms with van der Waals surface area (Å²) in [6, 6.07) is 8.69. The zero-order valence-corrected chi connectivity index (χ0v) is 11.2. The van der Waals surface area contributed by atoms with Gasteiger partial charge in [0.25, 0.3) is 11.8 Å². The van der Waals surface area contributed by atoms with E-state index in [0.29, 0.717) is 6.07 Å². The van der Waals surface area contributed by atoms with Crippen LogP contribution in [0.1, 0.15) is 31.1 Å². The third-order valence-corrected chi connectivity index (χ3v) is 3.41. The van der Waals surface area contributed by atoms with Gasteiger partial charge in [-0.25, -0.2) is 8.78 Å².